The first kappa shape index (κ1) is 17.7. The van der Waals surface area contributed by atoms with Crippen molar-refractivity contribution in [3.63, 3.8) is 0 Å². The largest absolute Gasteiger partial charge is 0.459 e. The summed E-state index contributed by atoms with van der Waals surface area (Å²) in [6, 6.07) is 33.0. The lowest BCUT2D eigenvalue weighted by molar-refractivity contribution is -0.165. The third-order valence-electron chi connectivity index (χ3n) is 4.97. The summed E-state index contributed by atoms with van der Waals surface area (Å²) >= 11 is 5.18. The van der Waals surface area contributed by atoms with Crippen LogP contribution in [0.15, 0.2) is 101 Å². The van der Waals surface area contributed by atoms with Gasteiger partial charge in [0.2, 0.25) is 6.29 Å². The van der Waals surface area contributed by atoms with Crippen molar-refractivity contribution in [2.75, 3.05) is 0 Å². The average Bonchev–Trinajstić information content (AvgIpc) is 3.20. The molecule has 0 bridgehead atoms. The van der Waals surface area contributed by atoms with Crippen LogP contribution in [0.3, 0.4) is 0 Å². The molecule has 1 aromatic heterocycles. The molecule has 0 saturated heterocycles. The topological polar surface area (TPSA) is 18.5 Å². The summed E-state index contributed by atoms with van der Waals surface area (Å²) in [7, 11) is 0. The van der Waals surface area contributed by atoms with Gasteiger partial charge >= 0.3 is 0 Å². The van der Waals surface area contributed by atoms with E-state index < -0.39 is 11.9 Å². The van der Waals surface area contributed by atoms with E-state index in [0.29, 0.717) is 0 Å². The number of hydrogen-bond acceptors (Lipinski definition) is 3. The molecule has 2 nitrogen and oxygen atoms in total. The normalized spacial score (nSPS) is 17.5. The minimum Gasteiger partial charge on any atom is -0.459 e. The highest BCUT2D eigenvalue weighted by atomic mass is 79.9. The van der Waals surface area contributed by atoms with Gasteiger partial charge in [-0.3, -0.25) is 0 Å². The fourth-order valence-corrected chi connectivity index (χ4v) is 5.14. The molecule has 1 atom stereocenters. The molecule has 1 unspecified atom stereocenters. The van der Waals surface area contributed by atoms with Crippen molar-refractivity contribution in [2.45, 2.75) is 11.9 Å². The van der Waals surface area contributed by atoms with Crippen LogP contribution < -0.4 is 4.74 Å². The third-order valence-corrected chi connectivity index (χ3v) is 6.62. The van der Waals surface area contributed by atoms with Crippen molar-refractivity contribution in [2.24, 2.45) is 0 Å². The Morgan fingerprint density at radius 2 is 1.32 bits per heavy atom. The molecular formula is C24H17BrO2S. The van der Waals surface area contributed by atoms with Gasteiger partial charge in [0.25, 0.3) is 0 Å². The van der Waals surface area contributed by atoms with E-state index in [9.17, 15) is 0 Å². The zero-order valence-corrected chi connectivity index (χ0v) is 17.3. The summed E-state index contributed by atoms with van der Waals surface area (Å²) in [6.07, 6.45) is -0.494. The van der Waals surface area contributed by atoms with Crippen LogP contribution in [0.2, 0.25) is 0 Å². The van der Waals surface area contributed by atoms with E-state index in [4.69, 9.17) is 9.47 Å². The smallest absolute Gasteiger partial charge is 0.237 e. The van der Waals surface area contributed by atoms with Crippen LogP contribution in [0.1, 0.15) is 27.9 Å². The van der Waals surface area contributed by atoms with Gasteiger partial charge in [0.1, 0.15) is 5.75 Å². The third kappa shape index (κ3) is 2.89. The molecular weight excluding hydrogens is 432 g/mol. The lowest BCUT2D eigenvalue weighted by Gasteiger charge is -2.43. The van der Waals surface area contributed by atoms with Gasteiger partial charge in [0, 0.05) is 5.56 Å². The maximum Gasteiger partial charge on any atom is 0.237 e. The number of para-hydroxylation sites is 1. The van der Waals surface area contributed by atoms with Crippen LogP contribution in [0, 0.1) is 0 Å². The molecule has 1 aliphatic rings. The molecule has 3 aromatic carbocycles. The molecule has 1 aliphatic heterocycles. The van der Waals surface area contributed by atoms with Crippen LogP contribution in [-0.4, -0.2) is 0 Å². The number of thiophene rings is 1. The van der Waals surface area contributed by atoms with Gasteiger partial charge in [-0.15, -0.1) is 11.3 Å². The molecule has 0 radical (unpaired) electrons. The highest BCUT2D eigenvalue weighted by Crippen LogP contribution is 2.51. The number of benzene rings is 3. The molecule has 4 aromatic rings. The summed E-state index contributed by atoms with van der Waals surface area (Å²) in [5.41, 5.74) is 2.42. The molecule has 28 heavy (non-hydrogen) atoms. The molecule has 2 heterocycles. The monoisotopic (exact) mass is 448 g/mol. The Balaban J connectivity index is 1.78. The van der Waals surface area contributed by atoms with Gasteiger partial charge in [-0.05, 0) is 45.3 Å². The molecule has 0 saturated carbocycles. The highest BCUT2D eigenvalue weighted by molar-refractivity contribution is 9.11. The molecule has 4 heteroatoms. The van der Waals surface area contributed by atoms with E-state index in [0.717, 1.165) is 31.1 Å². The lowest BCUT2D eigenvalue weighted by Crippen LogP contribution is -2.39. The summed E-state index contributed by atoms with van der Waals surface area (Å²) in [6.45, 7) is 0. The molecule has 0 spiro atoms. The van der Waals surface area contributed by atoms with Crippen molar-refractivity contribution < 1.29 is 9.47 Å². The quantitative estimate of drug-likeness (QED) is 0.338. The molecule has 0 aliphatic carbocycles. The summed E-state index contributed by atoms with van der Waals surface area (Å²) in [4.78, 5) is 1.03. The minimum absolute atomic E-state index is 0.494. The minimum atomic E-state index is -0.751. The Morgan fingerprint density at radius 3 is 1.93 bits per heavy atom. The number of fused-ring (bicyclic) bond motifs is 1. The van der Waals surface area contributed by atoms with Gasteiger partial charge < -0.3 is 9.47 Å². The van der Waals surface area contributed by atoms with E-state index in [1.807, 2.05) is 42.5 Å². The summed E-state index contributed by atoms with van der Waals surface area (Å²) < 4.78 is 14.2. The van der Waals surface area contributed by atoms with E-state index in [1.165, 1.54) is 0 Å². The van der Waals surface area contributed by atoms with Gasteiger partial charge in [-0.25, -0.2) is 0 Å². The number of rotatable bonds is 3. The van der Waals surface area contributed by atoms with Crippen LogP contribution >= 0.6 is 27.3 Å². The van der Waals surface area contributed by atoms with Crippen molar-refractivity contribution in [1.29, 1.82) is 0 Å². The summed E-state index contributed by atoms with van der Waals surface area (Å²) in [5.74, 6) is 0.843. The summed E-state index contributed by atoms with van der Waals surface area (Å²) in [5, 5.41) is 0. The van der Waals surface area contributed by atoms with E-state index in [-0.39, 0.29) is 0 Å². The van der Waals surface area contributed by atoms with Crippen molar-refractivity contribution in [3.8, 4) is 5.75 Å². The molecule has 5 rings (SSSR count). The second-order valence-corrected chi connectivity index (χ2v) is 9.11. The van der Waals surface area contributed by atoms with E-state index >= 15 is 0 Å². The van der Waals surface area contributed by atoms with Gasteiger partial charge in [-0.2, -0.15) is 0 Å². The Bertz CT molecular complexity index is 1050. The highest BCUT2D eigenvalue weighted by Gasteiger charge is 2.46. The fraction of sp³-hybridized carbons (Fsp3) is 0.0833. The van der Waals surface area contributed by atoms with Crippen LogP contribution in [-0.2, 0) is 10.3 Å². The Kier molecular flexibility index (Phi) is 4.55. The van der Waals surface area contributed by atoms with E-state index in [2.05, 4.69) is 70.5 Å². The van der Waals surface area contributed by atoms with Crippen LogP contribution in [0.5, 0.6) is 5.75 Å². The van der Waals surface area contributed by atoms with Gasteiger partial charge in [-0.1, -0.05) is 78.9 Å². The fourth-order valence-electron chi connectivity index (χ4n) is 3.75. The predicted molar refractivity (Wildman–Crippen MR) is 116 cm³/mol. The van der Waals surface area contributed by atoms with Gasteiger partial charge in [0.15, 0.2) is 5.60 Å². The predicted octanol–water partition coefficient (Wildman–Crippen LogP) is 6.91. The average molecular weight is 449 g/mol. The van der Waals surface area contributed by atoms with Crippen molar-refractivity contribution in [1.82, 2.24) is 0 Å². The van der Waals surface area contributed by atoms with Crippen LogP contribution in [0.4, 0.5) is 0 Å². The molecule has 0 amide bonds. The maximum atomic E-state index is 6.84. The zero-order chi connectivity index (χ0) is 19.0. The Hall–Kier alpha value is -2.40. The Morgan fingerprint density at radius 1 is 0.714 bits per heavy atom. The van der Waals surface area contributed by atoms with E-state index in [1.54, 1.807) is 11.3 Å². The van der Waals surface area contributed by atoms with Crippen molar-refractivity contribution in [3.05, 3.63) is 122 Å². The Labute approximate surface area is 176 Å². The SMILES string of the molecule is Brc1ccc(C2Oc3ccccc3C(c3ccccc3)(c3ccccc3)O2)s1. The first-order valence-corrected chi connectivity index (χ1v) is 10.7. The molecule has 138 valence electrons. The second-order valence-electron chi connectivity index (χ2n) is 6.62. The van der Waals surface area contributed by atoms with Gasteiger partial charge in [0.05, 0.1) is 8.66 Å². The number of halogens is 1. The first-order chi connectivity index (χ1) is 13.8. The molecule has 0 fully saturated rings. The lowest BCUT2D eigenvalue weighted by atomic mass is 9.79. The first-order valence-electron chi connectivity index (χ1n) is 9.07. The number of hydrogen-bond donors (Lipinski definition) is 0. The van der Waals surface area contributed by atoms with Crippen LogP contribution in [0.25, 0.3) is 0 Å². The standard InChI is InChI=1S/C24H17BrO2S/c25-22-16-15-21(28-22)23-26-20-14-8-7-13-19(20)24(27-23,17-9-3-1-4-10-17)18-11-5-2-6-12-18/h1-16,23H. The molecule has 0 N–H and O–H groups in total. The van der Waals surface area contributed by atoms with Crippen molar-refractivity contribution >= 4 is 27.3 Å². The number of ether oxygens (including phenoxy) is 2. The second kappa shape index (κ2) is 7.21. The maximum absolute atomic E-state index is 6.84. The zero-order valence-electron chi connectivity index (χ0n) is 14.9.